The lowest BCUT2D eigenvalue weighted by Gasteiger charge is -2.22. The van der Waals surface area contributed by atoms with Crippen LogP contribution in [-0.2, 0) is 21.5 Å². The van der Waals surface area contributed by atoms with E-state index in [1.807, 2.05) is 48.5 Å². The Hall–Kier alpha value is -3.50. The highest BCUT2D eigenvalue weighted by molar-refractivity contribution is 8.00. The number of benzene rings is 2. The van der Waals surface area contributed by atoms with E-state index >= 15 is 0 Å². The second-order valence-corrected chi connectivity index (χ2v) is 8.91. The molecule has 1 unspecified atom stereocenters. The quantitative estimate of drug-likeness (QED) is 0.478. The van der Waals surface area contributed by atoms with Crippen LogP contribution in [0.25, 0.3) is 11.3 Å². The van der Waals surface area contributed by atoms with Gasteiger partial charge in [-0.3, -0.25) is 24.0 Å². The maximum absolute atomic E-state index is 13.3. The van der Waals surface area contributed by atoms with Crippen molar-refractivity contribution in [1.82, 2.24) is 15.3 Å². The maximum Gasteiger partial charge on any atom is 0.263 e. The Kier molecular flexibility index (Phi) is 7.62. The fraction of sp³-hybridized carbons (Fsp3) is 0.320. The van der Waals surface area contributed by atoms with E-state index in [4.69, 9.17) is 19.4 Å². The summed E-state index contributed by atoms with van der Waals surface area (Å²) in [5.74, 6) is 1.38. The van der Waals surface area contributed by atoms with Gasteiger partial charge in [0.1, 0.15) is 12.4 Å². The van der Waals surface area contributed by atoms with E-state index in [9.17, 15) is 9.59 Å². The van der Waals surface area contributed by atoms with E-state index in [1.165, 1.54) is 16.7 Å². The van der Waals surface area contributed by atoms with Crippen molar-refractivity contribution >= 4 is 29.4 Å². The molecule has 1 aromatic heterocycles. The van der Waals surface area contributed by atoms with Gasteiger partial charge in [0.05, 0.1) is 37.5 Å². The summed E-state index contributed by atoms with van der Waals surface area (Å²) in [5.41, 5.74) is 5.84. The number of anilines is 1. The van der Waals surface area contributed by atoms with Crippen LogP contribution in [0.4, 0.5) is 5.82 Å². The number of aryl methyl sites for hydroxylation is 1. The summed E-state index contributed by atoms with van der Waals surface area (Å²) < 4.78 is 12.6. The number of carbonyl (C=O) groups is 2. The summed E-state index contributed by atoms with van der Waals surface area (Å²) in [7, 11) is 4.97. The van der Waals surface area contributed by atoms with Crippen LogP contribution in [0.5, 0.6) is 11.5 Å². The highest BCUT2D eigenvalue weighted by Gasteiger charge is 2.37. The molecule has 1 aliphatic rings. The van der Waals surface area contributed by atoms with E-state index in [2.05, 4.69) is 5.48 Å². The molecule has 184 valence electrons. The molecule has 0 fully saturated rings. The van der Waals surface area contributed by atoms with E-state index in [1.54, 1.807) is 32.9 Å². The highest BCUT2D eigenvalue weighted by atomic mass is 32.2. The van der Waals surface area contributed by atoms with Crippen LogP contribution in [0.15, 0.2) is 48.5 Å². The van der Waals surface area contributed by atoms with Crippen molar-refractivity contribution in [3.63, 3.8) is 0 Å². The Morgan fingerprint density at radius 2 is 1.89 bits per heavy atom. The molecule has 0 radical (unpaired) electrons. The smallest absolute Gasteiger partial charge is 0.263 e. The molecule has 4 rings (SSSR count). The standard InChI is InChI=1S/C25H28N4O5S/c1-5-34-27-20(30)14-29-21(31)15-35-24(17-11-12-18(32-3)19(13-17)33-4)22-23(26-28(2)25(22)29)16-9-7-6-8-10-16/h6-13,24H,5,14-15H2,1-4H3,(H,27,30). The molecule has 1 atom stereocenters. The van der Waals surface area contributed by atoms with Crippen molar-refractivity contribution in [2.45, 2.75) is 12.2 Å². The first-order valence-electron chi connectivity index (χ1n) is 11.1. The zero-order chi connectivity index (χ0) is 24.9. The van der Waals surface area contributed by atoms with Crippen molar-refractivity contribution in [2.75, 3.05) is 38.0 Å². The van der Waals surface area contributed by atoms with Gasteiger partial charge in [0.25, 0.3) is 5.91 Å². The van der Waals surface area contributed by atoms with Gasteiger partial charge in [-0.2, -0.15) is 5.10 Å². The van der Waals surface area contributed by atoms with E-state index < -0.39 is 5.91 Å². The van der Waals surface area contributed by atoms with Gasteiger partial charge in [0, 0.05) is 18.2 Å². The van der Waals surface area contributed by atoms with Crippen LogP contribution >= 0.6 is 11.8 Å². The topological polar surface area (TPSA) is 94.9 Å². The minimum atomic E-state index is -0.414. The molecule has 1 aliphatic heterocycles. The number of ether oxygens (including phenoxy) is 2. The molecule has 0 saturated carbocycles. The largest absolute Gasteiger partial charge is 0.493 e. The summed E-state index contributed by atoms with van der Waals surface area (Å²) in [6.07, 6.45) is 0. The number of methoxy groups -OCH3 is 2. The normalized spacial score (nSPS) is 15.4. The molecule has 2 amide bonds. The van der Waals surface area contributed by atoms with Crippen LogP contribution in [-0.4, -0.2) is 54.7 Å². The lowest BCUT2D eigenvalue weighted by atomic mass is 9.99. The minimum Gasteiger partial charge on any atom is -0.493 e. The lowest BCUT2D eigenvalue weighted by molar-refractivity contribution is -0.132. The third kappa shape index (κ3) is 4.98. The molecular formula is C25H28N4O5S. The summed E-state index contributed by atoms with van der Waals surface area (Å²) in [4.78, 5) is 32.3. The van der Waals surface area contributed by atoms with Gasteiger partial charge in [-0.25, -0.2) is 5.48 Å². The Balaban J connectivity index is 1.88. The Morgan fingerprint density at radius 3 is 2.57 bits per heavy atom. The lowest BCUT2D eigenvalue weighted by Crippen LogP contribution is -2.42. The first-order chi connectivity index (χ1) is 17.0. The number of carbonyl (C=O) groups excluding carboxylic acids is 2. The predicted octanol–water partition coefficient (Wildman–Crippen LogP) is 3.34. The van der Waals surface area contributed by atoms with Crippen molar-refractivity contribution in [3.05, 3.63) is 59.7 Å². The zero-order valence-electron chi connectivity index (χ0n) is 20.1. The zero-order valence-corrected chi connectivity index (χ0v) is 20.9. The number of aromatic nitrogens is 2. The van der Waals surface area contributed by atoms with Crippen molar-refractivity contribution < 1.29 is 23.9 Å². The van der Waals surface area contributed by atoms with Crippen LogP contribution in [0.2, 0.25) is 0 Å². The number of hydrogen-bond acceptors (Lipinski definition) is 7. The summed E-state index contributed by atoms with van der Waals surface area (Å²) in [6.45, 7) is 1.91. The third-order valence-corrected chi connectivity index (χ3v) is 6.89. The average Bonchev–Trinajstić information content (AvgIpc) is 3.15. The number of fused-ring (bicyclic) bond motifs is 1. The molecule has 2 aromatic carbocycles. The monoisotopic (exact) mass is 496 g/mol. The van der Waals surface area contributed by atoms with Gasteiger partial charge in [0.15, 0.2) is 11.5 Å². The molecule has 35 heavy (non-hydrogen) atoms. The maximum atomic E-state index is 13.3. The second-order valence-electron chi connectivity index (χ2n) is 7.82. The average molecular weight is 497 g/mol. The number of hydroxylamine groups is 1. The predicted molar refractivity (Wildman–Crippen MR) is 135 cm³/mol. The molecule has 1 N–H and O–H groups in total. The molecule has 0 saturated heterocycles. The molecule has 10 heteroatoms. The first kappa shape index (κ1) is 24.6. The van der Waals surface area contributed by atoms with Crippen LogP contribution in [0, 0.1) is 0 Å². The van der Waals surface area contributed by atoms with E-state index in [0.717, 1.165) is 22.4 Å². The Labute approximate surface area is 208 Å². The van der Waals surface area contributed by atoms with Gasteiger partial charge >= 0.3 is 0 Å². The van der Waals surface area contributed by atoms with Crippen molar-refractivity contribution in [2.24, 2.45) is 7.05 Å². The van der Waals surface area contributed by atoms with Crippen LogP contribution in [0.1, 0.15) is 23.3 Å². The van der Waals surface area contributed by atoms with Gasteiger partial charge in [-0.1, -0.05) is 36.4 Å². The summed E-state index contributed by atoms with van der Waals surface area (Å²) in [5, 5.41) is 4.56. The molecule has 3 aromatic rings. The molecule has 0 spiro atoms. The number of nitrogens with zero attached hydrogens (tertiary/aromatic N) is 3. The van der Waals surface area contributed by atoms with Crippen molar-refractivity contribution in [1.29, 1.82) is 0 Å². The summed E-state index contributed by atoms with van der Waals surface area (Å²) in [6, 6.07) is 15.5. The molecule has 9 nitrogen and oxygen atoms in total. The number of hydrogen-bond donors (Lipinski definition) is 1. The van der Waals surface area contributed by atoms with Crippen molar-refractivity contribution in [3.8, 4) is 22.8 Å². The number of rotatable bonds is 8. The van der Waals surface area contributed by atoms with E-state index in [-0.39, 0.29) is 23.5 Å². The van der Waals surface area contributed by atoms with Gasteiger partial charge in [0.2, 0.25) is 5.91 Å². The number of thioether (sulfide) groups is 1. The fourth-order valence-corrected chi connectivity index (χ4v) is 5.29. The molecule has 0 bridgehead atoms. The first-order valence-corrected chi connectivity index (χ1v) is 12.2. The number of nitrogens with one attached hydrogen (secondary N) is 1. The highest BCUT2D eigenvalue weighted by Crippen LogP contribution is 2.48. The van der Waals surface area contributed by atoms with Crippen LogP contribution in [0.3, 0.4) is 0 Å². The number of amides is 2. The third-order valence-electron chi connectivity index (χ3n) is 5.63. The Bertz CT molecular complexity index is 1210. The Morgan fingerprint density at radius 1 is 1.14 bits per heavy atom. The fourth-order valence-electron chi connectivity index (χ4n) is 4.11. The molecular weight excluding hydrogens is 468 g/mol. The minimum absolute atomic E-state index is 0.182. The van der Waals surface area contributed by atoms with Gasteiger partial charge in [-0.15, -0.1) is 11.8 Å². The van der Waals surface area contributed by atoms with E-state index in [0.29, 0.717) is 23.9 Å². The molecule has 2 heterocycles. The second kappa shape index (κ2) is 10.8. The summed E-state index contributed by atoms with van der Waals surface area (Å²) >= 11 is 1.49. The molecule has 0 aliphatic carbocycles. The van der Waals surface area contributed by atoms with Gasteiger partial charge in [-0.05, 0) is 24.6 Å². The SMILES string of the molecule is CCONC(=O)CN1C(=O)CSC(c2ccc(OC)c(OC)c2)c2c(-c3ccccc3)nn(C)c21. The van der Waals surface area contributed by atoms with Gasteiger partial charge < -0.3 is 9.47 Å². The van der Waals surface area contributed by atoms with Crippen LogP contribution < -0.4 is 19.9 Å².